The predicted molar refractivity (Wildman–Crippen MR) is 88.5 cm³/mol. The Hall–Kier alpha value is -0.480. The molecule has 3 rings (SSSR count). The number of benzene rings is 1. The van der Waals surface area contributed by atoms with Crippen LogP contribution in [0.15, 0.2) is 18.2 Å². The summed E-state index contributed by atoms with van der Waals surface area (Å²) in [6.07, 6.45) is 4.93. The first kappa shape index (κ1) is 16.9. The maximum Gasteiger partial charge on any atom is 0.224 e. The first-order valence-corrected chi connectivity index (χ1v) is 7.85. The first-order valence-electron chi connectivity index (χ1n) is 7.09. The van der Waals surface area contributed by atoms with Crippen LogP contribution in [0.5, 0.6) is 0 Å². The van der Waals surface area contributed by atoms with Crippen molar-refractivity contribution in [2.75, 3.05) is 0 Å². The number of fused-ring (bicyclic) bond motifs is 2. The molecule has 1 aromatic carbocycles. The quantitative estimate of drug-likeness (QED) is 0.878. The highest BCUT2D eigenvalue weighted by Crippen LogP contribution is 2.27. The van der Waals surface area contributed by atoms with Crippen LogP contribution >= 0.6 is 35.6 Å². The van der Waals surface area contributed by atoms with E-state index in [2.05, 4.69) is 10.6 Å². The Morgan fingerprint density at radius 3 is 2.48 bits per heavy atom. The minimum atomic E-state index is 0. The largest absolute Gasteiger partial charge is 0.353 e. The van der Waals surface area contributed by atoms with Crippen molar-refractivity contribution >= 4 is 41.5 Å². The summed E-state index contributed by atoms with van der Waals surface area (Å²) in [5.74, 6) is 0.0645. The van der Waals surface area contributed by atoms with Crippen molar-refractivity contribution in [3.05, 3.63) is 33.8 Å². The molecule has 2 N–H and O–H groups in total. The zero-order valence-electron chi connectivity index (χ0n) is 11.6. The number of carbonyl (C=O) groups excluding carboxylic acids is 1. The lowest BCUT2D eigenvalue weighted by Crippen LogP contribution is -2.48. The van der Waals surface area contributed by atoms with Crippen LogP contribution in [0.1, 0.15) is 31.2 Å². The van der Waals surface area contributed by atoms with E-state index in [0.717, 1.165) is 18.4 Å². The first-order chi connectivity index (χ1) is 9.60. The van der Waals surface area contributed by atoms with E-state index in [0.29, 0.717) is 34.6 Å². The molecule has 2 unspecified atom stereocenters. The fourth-order valence-corrected chi connectivity index (χ4v) is 3.61. The van der Waals surface area contributed by atoms with Crippen molar-refractivity contribution in [1.29, 1.82) is 0 Å². The summed E-state index contributed by atoms with van der Waals surface area (Å²) in [5.41, 5.74) is 0.897. The molecule has 2 saturated heterocycles. The summed E-state index contributed by atoms with van der Waals surface area (Å²) < 4.78 is 0. The predicted octanol–water partition coefficient (Wildman–Crippen LogP) is 3.36. The van der Waals surface area contributed by atoms with Gasteiger partial charge in [-0.05, 0) is 43.4 Å². The third-order valence-electron chi connectivity index (χ3n) is 4.19. The number of amides is 1. The topological polar surface area (TPSA) is 41.1 Å². The molecular formula is C15H19Cl3N2O. The van der Waals surface area contributed by atoms with Gasteiger partial charge in [-0.25, -0.2) is 0 Å². The molecule has 1 amide bonds. The average Bonchev–Trinajstić information content (AvgIpc) is 2.73. The van der Waals surface area contributed by atoms with Gasteiger partial charge in [0.2, 0.25) is 5.91 Å². The molecule has 0 spiro atoms. The summed E-state index contributed by atoms with van der Waals surface area (Å²) >= 11 is 11.8. The highest BCUT2D eigenvalue weighted by molar-refractivity contribution is 6.42. The minimum absolute atomic E-state index is 0. The van der Waals surface area contributed by atoms with Crippen molar-refractivity contribution < 1.29 is 4.79 Å². The fraction of sp³-hybridized carbons (Fsp3) is 0.533. The summed E-state index contributed by atoms with van der Waals surface area (Å²) in [4.78, 5) is 12.1. The SMILES string of the molecule is Cl.O=C(Cc1ccc(Cl)c(Cl)c1)NC1CC2CCC(C1)N2. The van der Waals surface area contributed by atoms with E-state index in [9.17, 15) is 4.79 Å². The number of piperidine rings is 1. The van der Waals surface area contributed by atoms with Gasteiger partial charge >= 0.3 is 0 Å². The highest BCUT2D eigenvalue weighted by Gasteiger charge is 2.33. The molecular weight excluding hydrogens is 331 g/mol. The van der Waals surface area contributed by atoms with Crippen LogP contribution in [-0.4, -0.2) is 24.0 Å². The zero-order chi connectivity index (χ0) is 14.1. The maximum atomic E-state index is 12.1. The maximum absolute atomic E-state index is 12.1. The Morgan fingerprint density at radius 1 is 1.19 bits per heavy atom. The van der Waals surface area contributed by atoms with E-state index >= 15 is 0 Å². The molecule has 6 heteroatoms. The Labute approximate surface area is 141 Å². The van der Waals surface area contributed by atoms with Crippen LogP contribution in [0, 0.1) is 0 Å². The molecule has 21 heavy (non-hydrogen) atoms. The van der Waals surface area contributed by atoms with E-state index in [1.807, 2.05) is 6.07 Å². The van der Waals surface area contributed by atoms with Crippen LogP contribution in [-0.2, 0) is 11.2 Å². The molecule has 2 aliphatic heterocycles. The van der Waals surface area contributed by atoms with Gasteiger partial charge in [-0.1, -0.05) is 29.3 Å². The van der Waals surface area contributed by atoms with Crippen molar-refractivity contribution in [2.24, 2.45) is 0 Å². The summed E-state index contributed by atoms with van der Waals surface area (Å²) in [7, 11) is 0. The fourth-order valence-electron chi connectivity index (χ4n) is 3.29. The number of hydrogen-bond donors (Lipinski definition) is 2. The zero-order valence-corrected chi connectivity index (χ0v) is 13.9. The minimum Gasteiger partial charge on any atom is -0.353 e. The van der Waals surface area contributed by atoms with Gasteiger partial charge in [0.05, 0.1) is 16.5 Å². The van der Waals surface area contributed by atoms with Crippen LogP contribution in [0.4, 0.5) is 0 Å². The standard InChI is InChI=1S/C15H18Cl2N2O.ClH/c16-13-4-1-9(5-14(13)17)6-15(20)19-12-7-10-2-3-11(8-12)18-10;/h1,4-5,10-12,18H,2-3,6-8H2,(H,19,20);1H. The van der Waals surface area contributed by atoms with Gasteiger partial charge in [0.25, 0.3) is 0 Å². The molecule has 2 bridgehead atoms. The molecule has 0 aliphatic carbocycles. The third-order valence-corrected chi connectivity index (χ3v) is 4.93. The second-order valence-corrected chi connectivity index (χ2v) is 6.61. The van der Waals surface area contributed by atoms with Gasteiger partial charge in [0, 0.05) is 18.1 Å². The second kappa shape index (κ2) is 7.19. The number of hydrogen-bond acceptors (Lipinski definition) is 2. The highest BCUT2D eigenvalue weighted by atomic mass is 35.5. The number of carbonyl (C=O) groups is 1. The molecule has 0 saturated carbocycles. The van der Waals surface area contributed by atoms with Crippen LogP contribution < -0.4 is 10.6 Å². The van der Waals surface area contributed by atoms with Crippen molar-refractivity contribution in [1.82, 2.24) is 10.6 Å². The van der Waals surface area contributed by atoms with Crippen molar-refractivity contribution in [2.45, 2.75) is 50.2 Å². The van der Waals surface area contributed by atoms with Crippen LogP contribution in [0.25, 0.3) is 0 Å². The lowest BCUT2D eigenvalue weighted by atomic mass is 9.99. The summed E-state index contributed by atoms with van der Waals surface area (Å²) in [5, 5.41) is 7.74. The third kappa shape index (κ3) is 4.26. The Bertz CT molecular complexity index is 512. The van der Waals surface area contributed by atoms with Gasteiger partial charge in [0.15, 0.2) is 0 Å². The number of halogens is 3. The van der Waals surface area contributed by atoms with Crippen molar-refractivity contribution in [3.8, 4) is 0 Å². The normalized spacial score (nSPS) is 27.0. The van der Waals surface area contributed by atoms with Crippen LogP contribution in [0.3, 0.4) is 0 Å². The van der Waals surface area contributed by atoms with Gasteiger partial charge in [0.1, 0.15) is 0 Å². The average molecular weight is 350 g/mol. The number of nitrogens with one attached hydrogen (secondary N) is 2. The summed E-state index contributed by atoms with van der Waals surface area (Å²) in [6.45, 7) is 0. The van der Waals surface area contributed by atoms with Crippen LogP contribution in [0.2, 0.25) is 10.0 Å². The molecule has 0 radical (unpaired) electrons. The molecule has 2 atom stereocenters. The van der Waals surface area contributed by atoms with Gasteiger partial charge in [-0.15, -0.1) is 12.4 Å². The smallest absolute Gasteiger partial charge is 0.224 e. The van der Waals surface area contributed by atoms with E-state index in [1.165, 1.54) is 12.8 Å². The van der Waals surface area contributed by atoms with E-state index in [-0.39, 0.29) is 18.3 Å². The van der Waals surface area contributed by atoms with Crippen molar-refractivity contribution in [3.63, 3.8) is 0 Å². The molecule has 2 heterocycles. The second-order valence-electron chi connectivity index (χ2n) is 5.80. The molecule has 116 valence electrons. The van der Waals surface area contributed by atoms with E-state index in [1.54, 1.807) is 12.1 Å². The Kier molecular flexibility index (Phi) is 5.78. The molecule has 0 aromatic heterocycles. The number of rotatable bonds is 3. The summed E-state index contributed by atoms with van der Waals surface area (Å²) in [6, 6.07) is 6.82. The lowest BCUT2D eigenvalue weighted by Gasteiger charge is -2.29. The van der Waals surface area contributed by atoms with Gasteiger partial charge in [-0.3, -0.25) is 4.79 Å². The van der Waals surface area contributed by atoms with Gasteiger partial charge < -0.3 is 10.6 Å². The van der Waals surface area contributed by atoms with E-state index in [4.69, 9.17) is 23.2 Å². The molecule has 2 fully saturated rings. The molecule has 3 nitrogen and oxygen atoms in total. The van der Waals surface area contributed by atoms with Gasteiger partial charge in [-0.2, -0.15) is 0 Å². The van der Waals surface area contributed by atoms with E-state index < -0.39 is 0 Å². The molecule has 2 aliphatic rings. The molecule has 1 aromatic rings. The monoisotopic (exact) mass is 348 g/mol. The Balaban J connectivity index is 0.00000161. The Morgan fingerprint density at radius 2 is 1.86 bits per heavy atom. The lowest BCUT2D eigenvalue weighted by molar-refractivity contribution is -0.121.